The lowest BCUT2D eigenvalue weighted by Gasteiger charge is -2.34. The Morgan fingerprint density at radius 3 is 2.24 bits per heavy atom. The van der Waals surface area contributed by atoms with Gasteiger partial charge in [-0.1, -0.05) is 44.2 Å². The summed E-state index contributed by atoms with van der Waals surface area (Å²) >= 11 is 1.79. The van der Waals surface area contributed by atoms with Crippen molar-refractivity contribution in [2.75, 3.05) is 32.7 Å². The van der Waals surface area contributed by atoms with Crippen LogP contribution in [0.15, 0.2) is 59.5 Å². The van der Waals surface area contributed by atoms with Crippen molar-refractivity contribution in [3.8, 4) is 0 Å². The Morgan fingerprint density at radius 1 is 0.966 bits per heavy atom. The number of rotatable bonds is 7. The number of hydrogen-bond acceptors (Lipinski definition) is 4. The molecule has 0 aromatic heterocycles. The van der Waals surface area contributed by atoms with E-state index < -0.39 is 0 Å². The monoisotopic (exact) mass is 411 g/mol. The predicted molar refractivity (Wildman–Crippen MR) is 118 cm³/mol. The Balaban J connectivity index is 1.42. The highest BCUT2D eigenvalue weighted by Gasteiger charge is 2.23. The smallest absolute Gasteiger partial charge is 0.253 e. The van der Waals surface area contributed by atoms with Crippen molar-refractivity contribution in [2.24, 2.45) is 0 Å². The van der Waals surface area contributed by atoms with Gasteiger partial charge in [0.05, 0.1) is 6.54 Å². The number of amides is 2. The van der Waals surface area contributed by atoms with E-state index in [2.05, 4.69) is 24.1 Å². The SMILES string of the molecule is CC(C)Sc1ccc(C(=O)N2CCN(CC(=O)NCc3ccccc3)CC2)cc1. The maximum Gasteiger partial charge on any atom is 0.253 e. The molecule has 1 aliphatic heterocycles. The van der Waals surface area contributed by atoms with Crippen molar-refractivity contribution >= 4 is 23.6 Å². The number of piperazine rings is 1. The normalized spacial score (nSPS) is 14.8. The average Bonchev–Trinajstić information content (AvgIpc) is 2.73. The Hall–Kier alpha value is -2.31. The van der Waals surface area contributed by atoms with Gasteiger partial charge >= 0.3 is 0 Å². The minimum absolute atomic E-state index is 0.0203. The summed E-state index contributed by atoms with van der Waals surface area (Å²) in [5.41, 5.74) is 1.82. The van der Waals surface area contributed by atoms with E-state index in [1.165, 1.54) is 4.90 Å². The highest BCUT2D eigenvalue weighted by molar-refractivity contribution is 7.99. The molecule has 2 aromatic carbocycles. The third-order valence-corrected chi connectivity index (χ3v) is 5.85. The van der Waals surface area contributed by atoms with Crippen LogP contribution in [-0.2, 0) is 11.3 Å². The topological polar surface area (TPSA) is 52.7 Å². The predicted octanol–water partition coefficient (Wildman–Crippen LogP) is 3.26. The summed E-state index contributed by atoms with van der Waals surface area (Å²) in [6, 6.07) is 17.8. The summed E-state index contributed by atoms with van der Waals surface area (Å²) in [5, 5.41) is 3.48. The molecule has 0 saturated carbocycles. The summed E-state index contributed by atoms with van der Waals surface area (Å²) in [6.45, 7) is 7.95. The zero-order valence-electron chi connectivity index (χ0n) is 17.1. The summed E-state index contributed by atoms with van der Waals surface area (Å²) in [4.78, 5) is 30.1. The van der Waals surface area contributed by atoms with Crippen molar-refractivity contribution in [3.05, 3.63) is 65.7 Å². The zero-order valence-corrected chi connectivity index (χ0v) is 18.0. The van der Waals surface area contributed by atoms with Gasteiger partial charge < -0.3 is 10.2 Å². The van der Waals surface area contributed by atoms with Crippen LogP contribution in [0.4, 0.5) is 0 Å². The quantitative estimate of drug-likeness (QED) is 0.711. The molecule has 0 spiro atoms. The van der Waals surface area contributed by atoms with Crippen LogP contribution < -0.4 is 5.32 Å². The summed E-state index contributed by atoms with van der Waals surface area (Å²) in [7, 11) is 0. The fourth-order valence-corrected chi connectivity index (χ4v) is 4.13. The molecule has 2 amide bonds. The minimum Gasteiger partial charge on any atom is -0.351 e. The standard InChI is InChI=1S/C23H29N3O2S/c1-18(2)29-21-10-8-20(9-11-21)23(28)26-14-12-25(13-15-26)17-22(27)24-16-19-6-4-3-5-7-19/h3-11,18H,12-17H2,1-2H3,(H,24,27). The molecule has 0 radical (unpaired) electrons. The van der Waals surface area contributed by atoms with Gasteiger partial charge in [-0.2, -0.15) is 0 Å². The van der Waals surface area contributed by atoms with Crippen LogP contribution >= 0.6 is 11.8 Å². The third kappa shape index (κ3) is 6.61. The molecule has 2 aromatic rings. The van der Waals surface area contributed by atoms with Gasteiger partial charge in [-0.05, 0) is 29.8 Å². The van der Waals surface area contributed by atoms with Gasteiger partial charge in [0, 0.05) is 48.4 Å². The van der Waals surface area contributed by atoms with Crippen LogP contribution in [0.3, 0.4) is 0 Å². The molecule has 1 heterocycles. The molecule has 1 aliphatic rings. The first-order valence-electron chi connectivity index (χ1n) is 10.1. The second kappa shape index (κ2) is 10.5. The molecule has 3 rings (SSSR count). The van der Waals surface area contributed by atoms with Crippen LogP contribution in [0.5, 0.6) is 0 Å². The lowest BCUT2D eigenvalue weighted by atomic mass is 10.2. The van der Waals surface area contributed by atoms with Gasteiger partial charge in [-0.15, -0.1) is 11.8 Å². The van der Waals surface area contributed by atoms with Crippen LogP contribution in [0.2, 0.25) is 0 Å². The Labute approximate surface area is 177 Å². The van der Waals surface area contributed by atoms with Gasteiger partial charge in [0.25, 0.3) is 5.91 Å². The highest BCUT2D eigenvalue weighted by atomic mass is 32.2. The molecule has 0 bridgehead atoms. The molecule has 154 valence electrons. The molecule has 0 atom stereocenters. The van der Waals surface area contributed by atoms with E-state index >= 15 is 0 Å². The molecule has 1 fully saturated rings. The maximum atomic E-state index is 12.7. The van der Waals surface area contributed by atoms with E-state index in [1.807, 2.05) is 59.5 Å². The fourth-order valence-electron chi connectivity index (χ4n) is 3.30. The van der Waals surface area contributed by atoms with E-state index in [0.717, 1.165) is 11.1 Å². The first-order valence-corrected chi connectivity index (χ1v) is 11.0. The second-order valence-corrected chi connectivity index (χ2v) is 9.17. The largest absolute Gasteiger partial charge is 0.351 e. The molecule has 6 heteroatoms. The van der Waals surface area contributed by atoms with Gasteiger partial charge in [-0.3, -0.25) is 14.5 Å². The summed E-state index contributed by atoms with van der Waals surface area (Å²) in [6.07, 6.45) is 0. The maximum absolute atomic E-state index is 12.7. The molecule has 0 aliphatic carbocycles. The second-order valence-electron chi connectivity index (χ2n) is 7.52. The van der Waals surface area contributed by atoms with Crippen LogP contribution in [0.25, 0.3) is 0 Å². The lowest BCUT2D eigenvalue weighted by molar-refractivity contribution is -0.122. The van der Waals surface area contributed by atoms with Gasteiger partial charge in [0.15, 0.2) is 0 Å². The molecular weight excluding hydrogens is 382 g/mol. The molecular formula is C23H29N3O2S. The van der Waals surface area contributed by atoms with Crippen LogP contribution in [0.1, 0.15) is 29.8 Å². The van der Waals surface area contributed by atoms with Crippen molar-refractivity contribution in [2.45, 2.75) is 30.5 Å². The fraction of sp³-hybridized carbons (Fsp3) is 0.391. The third-order valence-electron chi connectivity index (χ3n) is 4.83. The van der Waals surface area contributed by atoms with Crippen molar-refractivity contribution in [1.29, 1.82) is 0 Å². The van der Waals surface area contributed by atoms with Gasteiger partial charge in [0.2, 0.25) is 5.91 Å². The van der Waals surface area contributed by atoms with Crippen LogP contribution in [0, 0.1) is 0 Å². The number of hydrogen-bond donors (Lipinski definition) is 1. The first-order chi connectivity index (χ1) is 14.0. The Kier molecular flexibility index (Phi) is 7.72. The van der Waals surface area contributed by atoms with Crippen molar-refractivity contribution in [3.63, 3.8) is 0 Å². The summed E-state index contributed by atoms with van der Waals surface area (Å²) < 4.78 is 0. The molecule has 29 heavy (non-hydrogen) atoms. The van der Waals surface area contributed by atoms with E-state index in [4.69, 9.17) is 0 Å². The number of nitrogens with zero attached hydrogens (tertiary/aromatic N) is 2. The Bertz CT molecular complexity index is 801. The summed E-state index contributed by atoms with van der Waals surface area (Å²) in [5.74, 6) is 0.0890. The number of benzene rings is 2. The lowest BCUT2D eigenvalue weighted by Crippen LogP contribution is -2.51. The van der Waals surface area contributed by atoms with Gasteiger partial charge in [-0.25, -0.2) is 0 Å². The molecule has 0 unspecified atom stereocenters. The Morgan fingerprint density at radius 2 is 1.62 bits per heavy atom. The number of thioether (sulfide) groups is 1. The molecule has 1 saturated heterocycles. The van der Waals surface area contributed by atoms with Crippen molar-refractivity contribution < 1.29 is 9.59 Å². The van der Waals surface area contributed by atoms with Crippen LogP contribution in [-0.4, -0.2) is 59.6 Å². The number of carbonyl (C=O) groups excluding carboxylic acids is 2. The zero-order chi connectivity index (χ0) is 20.6. The van der Waals surface area contributed by atoms with E-state index in [1.54, 1.807) is 11.8 Å². The average molecular weight is 412 g/mol. The number of carbonyl (C=O) groups is 2. The highest BCUT2D eigenvalue weighted by Crippen LogP contribution is 2.23. The van der Waals surface area contributed by atoms with Gasteiger partial charge in [0.1, 0.15) is 0 Å². The minimum atomic E-state index is 0.0203. The van der Waals surface area contributed by atoms with E-state index in [0.29, 0.717) is 44.5 Å². The number of nitrogens with one attached hydrogen (secondary N) is 1. The molecule has 1 N–H and O–H groups in total. The molecule has 5 nitrogen and oxygen atoms in total. The van der Waals surface area contributed by atoms with E-state index in [9.17, 15) is 9.59 Å². The van der Waals surface area contributed by atoms with Crippen molar-refractivity contribution in [1.82, 2.24) is 15.1 Å². The first kappa shape index (κ1) is 21.4. The van der Waals surface area contributed by atoms with E-state index in [-0.39, 0.29) is 11.8 Å².